The first kappa shape index (κ1) is 16.6. The highest BCUT2D eigenvalue weighted by Gasteiger charge is 2.17. The molecule has 20 heavy (non-hydrogen) atoms. The van der Waals surface area contributed by atoms with Crippen molar-refractivity contribution in [3.8, 4) is 0 Å². The Morgan fingerprint density at radius 2 is 1.85 bits per heavy atom. The molecule has 0 atom stereocenters. The molecule has 1 aromatic carbocycles. The molecular weight excluding hydrogens is 258 g/mol. The lowest BCUT2D eigenvalue weighted by atomic mass is 10.2. The van der Waals surface area contributed by atoms with E-state index in [4.69, 9.17) is 14.2 Å². The molecular formula is C15H23NO4. The van der Waals surface area contributed by atoms with Crippen LogP contribution < -0.4 is 0 Å². The minimum atomic E-state index is -0.367. The Balaban J connectivity index is 2.65. The predicted molar refractivity (Wildman–Crippen MR) is 76.2 cm³/mol. The van der Waals surface area contributed by atoms with Gasteiger partial charge in [-0.1, -0.05) is 30.3 Å². The van der Waals surface area contributed by atoms with Crippen LogP contribution in [0.1, 0.15) is 12.5 Å². The summed E-state index contributed by atoms with van der Waals surface area (Å²) < 4.78 is 15.4. The van der Waals surface area contributed by atoms with Crippen LogP contribution in [0.4, 0.5) is 0 Å². The lowest BCUT2D eigenvalue weighted by molar-refractivity contribution is -0.148. The van der Waals surface area contributed by atoms with Gasteiger partial charge in [0.05, 0.1) is 19.7 Å². The first-order valence-electron chi connectivity index (χ1n) is 6.67. The van der Waals surface area contributed by atoms with E-state index >= 15 is 0 Å². The topological polar surface area (TPSA) is 48.0 Å². The van der Waals surface area contributed by atoms with Gasteiger partial charge in [0, 0.05) is 20.8 Å². The Labute approximate surface area is 120 Å². The summed E-state index contributed by atoms with van der Waals surface area (Å²) in [5, 5.41) is 0. The summed E-state index contributed by atoms with van der Waals surface area (Å²) in [6, 6.07) is 9.95. The summed E-state index contributed by atoms with van der Waals surface area (Å²) in [6.07, 6.45) is -0.367. The lowest BCUT2D eigenvalue weighted by Crippen LogP contribution is -2.38. The molecule has 0 aliphatic rings. The molecule has 5 nitrogen and oxygen atoms in total. The van der Waals surface area contributed by atoms with Crippen molar-refractivity contribution in [2.24, 2.45) is 0 Å². The molecule has 0 saturated carbocycles. The second kappa shape index (κ2) is 9.47. The summed E-state index contributed by atoms with van der Waals surface area (Å²) in [5.41, 5.74) is 1.13. The molecule has 1 rings (SSSR count). The second-order valence-electron chi connectivity index (χ2n) is 4.36. The van der Waals surface area contributed by atoms with E-state index in [-0.39, 0.29) is 18.8 Å². The third-order valence-electron chi connectivity index (χ3n) is 2.84. The van der Waals surface area contributed by atoms with Gasteiger partial charge in [0.1, 0.15) is 0 Å². The molecule has 0 aromatic heterocycles. The maximum atomic E-state index is 11.7. The highest BCUT2D eigenvalue weighted by molar-refractivity contribution is 5.71. The number of methoxy groups -OCH3 is 2. The highest BCUT2D eigenvalue weighted by atomic mass is 16.7. The lowest BCUT2D eigenvalue weighted by Gasteiger charge is -2.25. The minimum absolute atomic E-state index is 0.214. The average molecular weight is 281 g/mol. The molecule has 0 bridgehead atoms. The van der Waals surface area contributed by atoms with Gasteiger partial charge in [-0.2, -0.15) is 0 Å². The highest BCUT2D eigenvalue weighted by Crippen LogP contribution is 2.07. The second-order valence-corrected chi connectivity index (χ2v) is 4.36. The van der Waals surface area contributed by atoms with E-state index < -0.39 is 0 Å². The van der Waals surface area contributed by atoms with Gasteiger partial charge in [-0.15, -0.1) is 0 Å². The van der Waals surface area contributed by atoms with Crippen molar-refractivity contribution in [2.45, 2.75) is 19.8 Å². The number of carbonyl (C=O) groups excluding carboxylic acids is 1. The zero-order valence-electron chi connectivity index (χ0n) is 12.4. The van der Waals surface area contributed by atoms with Crippen molar-refractivity contribution in [2.75, 3.05) is 33.9 Å². The predicted octanol–water partition coefficient (Wildman–Crippen LogP) is 1.67. The van der Waals surface area contributed by atoms with Gasteiger partial charge in [0.15, 0.2) is 6.29 Å². The van der Waals surface area contributed by atoms with Gasteiger partial charge >= 0.3 is 5.97 Å². The summed E-state index contributed by atoms with van der Waals surface area (Å²) in [4.78, 5) is 13.6. The van der Waals surface area contributed by atoms with Gasteiger partial charge < -0.3 is 14.2 Å². The Morgan fingerprint density at radius 3 is 2.40 bits per heavy atom. The van der Waals surface area contributed by atoms with E-state index in [2.05, 4.69) is 0 Å². The zero-order chi connectivity index (χ0) is 14.8. The SMILES string of the molecule is CCOC(=O)CN(Cc1ccccc1)CC(OC)OC. The Hall–Kier alpha value is -1.43. The first-order chi connectivity index (χ1) is 9.69. The summed E-state index contributed by atoms with van der Waals surface area (Å²) in [7, 11) is 3.17. The van der Waals surface area contributed by atoms with Crippen molar-refractivity contribution >= 4 is 5.97 Å². The van der Waals surface area contributed by atoms with Crippen molar-refractivity contribution in [3.05, 3.63) is 35.9 Å². The molecule has 0 spiro atoms. The monoisotopic (exact) mass is 281 g/mol. The van der Waals surface area contributed by atoms with Crippen LogP contribution in [0.2, 0.25) is 0 Å². The van der Waals surface area contributed by atoms with Crippen molar-refractivity contribution in [1.29, 1.82) is 0 Å². The fourth-order valence-electron chi connectivity index (χ4n) is 1.87. The molecule has 0 aliphatic carbocycles. The molecule has 0 heterocycles. The number of rotatable bonds is 9. The van der Waals surface area contributed by atoms with E-state index in [1.165, 1.54) is 0 Å². The number of hydrogen-bond donors (Lipinski definition) is 0. The molecule has 0 fully saturated rings. The van der Waals surface area contributed by atoms with Crippen LogP contribution in [-0.2, 0) is 25.5 Å². The summed E-state index contributed by atoms with van der Waals surface area (Å²) in [5.74, 6) is -0.241. The van der Waals surface area contributed by atoms with Crippen molar-refractivity contribution in [3.63, 3.8) is 0 Å². The standard InChI is InChI=1S/C15H23NO4/c1-4-20-14(17)11-16(12-15(18-2)19-3)10-13-8-6-5-7-9-13/h5-9,15H,4,10-12H2,1-3H3. The Bertz CT molecular complexity index is 379. The maximum Gasteiger partial charge on any atom is 0.320 e. The fourth-order valence-corrected chi connectivity index (χ4v) is 1.87. The molecule has 0 aliphatic heterocycles. The van der Waals surface area contributed by atoms with Crippen LogP contribution in [0.25, 0.3) is 0 Å². The van der Waals surface area contributed by atoms with Crippen LogP contribution in [-0.4, -0.2) is 51.1 Å². The van der Waals surface area contributed by atoms with E-state index in [0.717, 1.165) is 5.56 Å². The van der Waals surface area contributed by atoms with Gasteiger partial charge in [-0.25, -0.2) is 0 Å². The van der Waals surface area contributed by atoms with Gasteiger partial charge in [0.2, 0.25) is 0 Å². The first-order valence-corrected chi connectivity index (χ1v) is 6.67. The van der Waals surface area contributed by atoms with Gasteiger partial charge in [-0.05, 0) is 12.5 Å². The fraction of sp³-hybridized carbons (Fsp3) is 0.533. The summed E-state index contributed by atoms with van der Waals surface area (Å²) in [6.45, 7) is 3.54. The molecule has 1 aromatic rings. The normalized spacial score (nSPS) is 11.1. The van der Waals surface area contributed by atoms with Gasteiger partial charge in [-0.3, -0.25) is 9.69 Å². The Morgan fingerprint density at radius 1 is 1.20 bits per heavy atom. The number of benzene rings is 1. The minimum Gasteiger partial charge on any atom is -0.465 e. The van der Waals surface area contributed by atoms with E-state index in [9.17, 15) is 4.79 Å². The third kappa shape index (κ3) is 6.14. The van der Waals surface area contributed by atoms with E-state index in [0.29, 0.717) is 19.7 Å². The zero-order valence-corrected chi connectivity index (χ0v) is 12.4. The number of ether oxygens (including phenoxy) is 3. The quantitative estimate of drug-likeness (QED) is 0.509. The Kier molecular flexibility index (Phi) is 7.87. The van der Waals surface area contributed by atoms with Crippen molar-refractivity contribution < 1.29 is 19.0 Å². The molecule has 0 unspecified atom stereocenters. The van der Waals surface area contributed by atoms with Crippen LogP contribution in [0.3, 0.4) is 0 Å². The number of carbonyl (C=O) groups is 1. The largest absolute Gasteiger partial charge is 0.465 e. The smallest absolute Gasteiger partial charge is 0.320 e. The van der Waals surface area contributed by atoms with E-state index in [1.54, 1.807) is 21.1 Å². The molecule has 0 radical (unpaired) electrons. The third-order valence-corrected chi connectivity index (χ3v) is 2.84. The number of hydrogen-bond acceptors (Lipinski definition) is 5. The van der Waals surface area contributed by atoms with Crippen molar-refractivity contribution in [1.82, 2.24) is 4.90 Å². The van der Waals surface area contributed by atoms with Crippen LogP contribution in [0.15, 0.2) is 30.3 Å². The summed E-state index contributed by atoms with van der Waals surface area (Å²) >= 11 is 0. The number of esters is 1. The maximum absolute atomic E-state index is 11.7. The molecule has 0 saturated heterocycles. The van der Waals surface area contributed by atoms with Gasteiger partial charge in [0.25, 0.3) is 0 Å². The molecule has 112 valence electrons. The average Bonchev–Trinajstić information content (AvgIpc) is 2.45. The van der Waals surface area contributed by atoms with Crippen LogP contribution in [0, 0.1) is 0 Å². The van der Waals surface area contributed by atoms with Crippen LogP contribution in [0.5, 0.6) is 0 Å². The van der Waals surface area contributed by atoms with Crippen LogP contribution >= 0.6 is 0 Å². The molecule has 0 N–H and O–H groups in total. The number of nitrogens with zero attached hydrogens (tertiary/aromatic N) is 1. The molecule has 5 heteroatoms. The molecule has 0 amide bonds. The van der Waals surface area contributed by atoms with E-state index in [1.807, 2.05) is 35.2 Å².